The fourth-order valence-electron chi connectivity index (χ4n) is 2.39. The summed E-state index contributed by atoms with van der Waals surface area (Å²) in [6.45, 7) is 0. The third kappa shape index (κ3) is 2.71. The molecule has 1 unspecified atom stereocenters. The molecule has 1 fully saturated rings. The van der Waals surface area contributed by atoms with Crippen molar-refractivity contribution < 1.29 is 0 Å². The second kappa shape index (κ2) is 4.81. The van der Waals surface area contributed by atoms with Crippen LogP contribution in [-0.2, 0) is 6.42 Å². The summed E-state index contributed by atoms with van der Waals surface area (Å²) in [5.41, 5.74) is 1.47. The molecule has 1 atom stereocenters. The van der Waals surface area contributed by atoms with E-state index in [0.717, 1.165) is 10.7 Å². The number of aryl methyl sites for hydroxylation is 1. The van der Waals surface area contributed by atoms with Gasteiger partial charge in [0.25, 0.3) is 0 Å². The average Bonchev–Trinajstić information content (AvgIpc) is 3.20. The predicted octanol–water partition coefficient (Wildman–Crippen LogP) is 4.95. The Morgan fingerprint density at radius 3 is 2.59 bits per heavy atom. The van der Waals surface area contributed by atoms with Gasteiger partial charge in [-0.2, -0.15) is 0 Å². The highest BCUT2D eigenvalue weighted by atomic mass is 79.9. The molecule has 2 aromatic rings. The van der Waals surface area contributed by atoms with Gasteiger partial charge in [0, 0.05) is 4.83 Å². The topological polar surface area (TPSA) is 0 Å². The average molecular weight is 289 g/mol. The van der Waals surface area contributed by atoms with Gasteiger partial charge in [-0.1, -0.05) is 58.4 Å². The standard InChI is InChI=1S/C16H17Br/c17-16(14-8-9-14)10-6-12-5-7-13-3-1-2-4-15(13)11-12/h1-5,7,11,14,16H,6,8-10H2. The Morgan fingerprint density at radius 1 is 1.06 bits per heavy atom. The molecule has 0 nitrogen and oxygen atoms in total. The Bertz CT molecular complexity index is 514. The van der Waals surface area contributed by atoms with Crippen LogP contribution in [0.3, 0.4) is 0 Å². The van der Waals surface area contributed by atoms with Gasteiger partial charge in [0.2, 0.25) is 0 Å². The minimum absolute atomic E-state index is 0.731. The molecule has 17 heavy (non-hydrogen) atoms. The van der Waals surface area contributed by atoms with E-state index in [4.69, 9.17) is 0 Å². The highest BCUT2D eigenvalue weighted by Gasteiger charge is 2.28. The fourth-order valence-corrected chi connectivity index (χ4v) is 3.15. The molecule has 2 aromatic carbocycles. The summed E-state index contributed by atoms with van der Waals surface area (Å²) in [7, 11) is 0. The predicted molar refractivity (Wildman–Crippen MR) is 77.7 cm³/mol. The Labute approximate surface area is 111 Å². The number of benzene rings is 2. The maximum Gasteiger partial charge on any atom is 0.0177 e. The summed E-state index contributed by atoms with van der Waals surface area (Å²) in [5.74, 6) is 0.954. The molecule has 1 heteroatoms. The molecular formula is C16H17Br. The summed E-state index contributed by atoms with van der Waals surface area (Å²) < 4.78 is 0. The molecule has 0 aliphatic heterocycles. The van der Waals surface area contributed by atoms with E-state index in [0.29, 0.717) is 0 Å². The van der Waals surface area contributed by atoms with Crippen molar-refractivity contribution in [2.45, 2.75) is 30.5 Å². The van der Waals surface area contributed by atoms with Gasteiger partial charge in [0.15, 0.2) is 0 Å². The molecule has 1 aliphatic rings. The van der Waals surface area contributed by atoms with E-state index in [2.05, 4.69) is 58.4 Å². The molecule has 0 N–H and O–H groups in total. The maximum atomic E-state index is 3.81. The second-order valence-corrected chi connectivity index (χ2v) is 6.25. The first-order valence-corrected chi connectivity index (χ1v) is 7.36. The third-order valence-corrected chi connectivity index (χ3v) is 4.86. The molecule has 88 valence electrons. The van der Waals surface area contributed by atoms with Crippen LogP contribution >= 0.6 is 15.9 Å². The first kappa shape index (κ1) is 11.3. The van der Waals surface area contributed by atoms with E-state index in [1.165, 1.54) is 42.0 Å². The SMILES string of the molecule is BrC(CCc1ccc2ccccc2c1)C1CC1. The van der Waals surface area contributed by atoms with Crippen molar-refractivity contribution in [3.63, 3.8) is 0 Å². The number of hydrogen-bond acceptors (Lipinski definition) is 0. The van der Waals surface area contributed by atoms with Crippen molar-refractivity contribution in [1.82, 2.24) is 0 Å². The molecule has 0 heterocycles. The Kier molecular flexibility index (Phi) is 3.19. The summed E-state index contributed by atoms with van der Waals surface area (Å²) in [6.07, 6.45) is 5.31. The minimum atomic E-state index is 0.731. The van der Waals surface area contributed by atoms with Crippen LogP contribution in [0.25, 0.3) is 10.8 Å². The molecule has 0 bridgehead atoms. The van der Waals surface area contributed by atoms with Crippen LogP contribution in [0.1, 0.15) is 24.8 Å². The molecule has 0 amide bonds. The van der Waals surface area contributed by atoms with Crippen LogP contribution in [0.15, 0.2) is 42.5 Å². The fraction of sp³-hybridized carbons (Fsp3) is 0.375. The lowest BCUT2D eigenvalue weighted by Gasteiger charge is -2.08. The van der Waals surface area contributed by atoms with E-state index in [-0.39, 0.29) is 0 Å². The molecule has 1 saturated carbocycles. The molecule has 0 aromatic heterocycles. The number of halogens is 1. The molecule has 0 radical (unpaired) electrons. The van der Waals surface area contributed by atoms with Gasteiger partial charge in [0.1, 0.15) is 0 Å². The van der Waals surface area contributed by atoms with Gasteiger partial charge in [-0.3, -0.25) is 0 Å². The van der Waals surface area contributed by atoms with Crippen LogP contribution < -0.4 is 0 Å². The third-order valence-electron chi connectivity index (χ3n) is 3.66. The van der Waals surface area contributed by atoms with Crippen molar-refractivity contribution in [2.24, 2.45) is 5.92 Å². The Morgan fingerprint density at radius 2 is 1.82 bits per heavy atom. The van der Waals surface area contributed by atoms with Crippen LogP contribution in [0.2, 0.25) is 0 Å². The van der Waals surface area contributed by atoms with Crippen molar-refractivity contribution >= 4 is 26.7 Å². The molecule has 3 rings (SSSR count). The van der Waals surface area contributed by atoms with Crippen LogP contribution in [0, 0.1) is 5.92 Å². The van der Waals surface area contributed by atoms with Gasteiger partial charge >= 0.3 is 0 Å². The van der Waals surface area contributed by atoms with Gasteiger partial charge < -0.3 is 0 Å². The van der Waals surface area contributed by atoms with Gasteiger partial charge in [-0.05, 0) is 47.9 Å². The van der Waals surface area contributed by atoms with E-state index in [1.54, 1.807) is 0 Å². The summed E-state index contributed by atoms with van der Waals surface area (Å²) in [6, 6.07) is 15.4. The van der Waals surface area contributed by atoms with Crippen molar-refractivity contribution in [2.75, 3.05) is 0 Å². The smallest absolute Gasteiger partial charge is 0.0177 e. The number of alkyl halides is 1. The minimum Gasteiger partial charge on any atom is -0.0888 e. The quantitative estimate of drug-likeness (QED) is 0.699. The number of rotatable bonds is 4. The zero-order chi connectivity index (χ0) is 11.7. The van der Waals surface area contributed by atoms with Crippen LogP contribution in [-0.4, -0.2) is 4.83 Å². The Balaban J connectivity index is 1.71. The van der Waals surface area contributed by atoms with E-state index in [9.17, 15) is 0 Å². The molecule has 0 saturated heterocycles. The largest absolute Gasteiger partial charge is 0.0888 e. The maximum absolute atomic E-state index is 3.81. The lowest BCUT2D eigenvalue weighted by atomic mass is 10.0. The van der Waals surface area contributed by atoms with Crippen molar-refractivity contribution in [3.8, 4) is 0 Å². The first-order chi connectivity index (χ1) is 8.33. The lowest BCUT2D eigenvalue weighted by Crippen LogP contribution is -2.02. The van der Waals surface area contributed by atoms with E-state index in [1.807, 2.05) is 0 Å². The van der Waals surface area contributed by atoms with E-state index >= 15 is 0 Å². The summed E-state index contributed by atoms with van der Waals surface area (Å²) in [5, 5.41) is 2.70. The van der Waals surface area contributed by atoms with Crippen molar-refractivity contribution in [1.29, 1.82) is 0 Å². The zero-order valence-electron chi connectivity index (χ0n) is 9.90. The Hall–Kier alpha value is -0.820. The van der Waals surface area contributed by atoms with Crippen LogP contribution in [0.5, 0.6) is 0 Å². The van der Waals surface area contributed by atoms with Gasteiger partial charge in [-0.25, -0.2) is 0 Å². The molecule has 0 spiro atoms. The normalized spacial score (nSPS) is 17.2. The summed E-state index contributed by atoms with van der Waals surface area (Å²) in [4.78, 5) is 0.731. The molecule has 1 aliphatic carbocycles. The zero-order valence-corrected chi connectivity index (χ0v) is 11.5. The van der Waals surface area contributed by atoms with E-state index < -0.39 is 0 Å². The van der Waals surface area contributed by atoms with Gasteiger partial charge in [-0.15, -0.1) is 0 Å². The highest BCUT2D eigenvalue weighted by molar-refractivity contribution is 9.09. The van der Waals surface area contributed by atoms with Crippen molar-refractivity contribution in [3.05, 3.63) is 48.0 Å². The van der Waals surface area contributed by atoms with Gasteiger partial charge in [0.05, 0.1) is 0 Å². The number of hydrogen-bond donors (Lipinski definition) is 0. The summed E-state index contributed by atoms with van der Waals surface area (Å²) >= 11 is 3.81. The highest BCUT2D eigenvalue weighted by Crippen LogP contribution is 2.38. The first-order valence-electron chi connectivity index (χ1n) is 6.45. The molecular weight excluding hydrogens is 272 g/mol. The monoisotopic (exact) mass is 288 g/mol. The number of fused-ring (bicyclic) bond motifs is 1. The second-order valence-electron chi connectivity index (χ2n) is 5.07. The lowest BCUT2D eigenvalue weighted by molar-refractivity contribution is 0.697. The van der Waals surface area contributed by atoms with Crippen LogP contribution in [0.4, 0.5) is 0 Å².